The molecule has 0 bridgehead atoms. The summed E-state index contributed by atoms with van der Waals surface area (Å²) in [5, 5.41) is 0.953. The highest BCUT2D eigenvalue weighted by molar-refractivity contribution is 5.81. The van der Waals surface area contributed by atoms with Crippen molar-refractivity contribution in [1.29, 1.82) is 0 Å². The molecule has 4 aromatic rings. The minimum absolute atomic E-state index is 0.330. The molecule has 2 aromatic heterocycles. The van der Waals surface area contributed by atoms with Crippen molar-refractivity contribution < 1.29 is 4.42 Å². The van der Waals surface area contributed by atoms with Crippen LogP contribution in [0.5, 0.6) is 0 Å². The number of fused-ring (bicyclic) bond motifs is 1. The van der Waals surface area contributed by atoms with E-state index in [0.29, 0.717) is 18.7 Å². The molecule has 0 atom stereocenters. The first-order valence-electron chi connectivity index (χ1n) is 8.92. The second-order valence-corrected chi connectivity index (χ2v) is 6.62. The van der Waals surface area contributed by atoms with Crippen LogP contribution >= 0.6 is 0 Å². The predicted molar refractivity (Wildman–Crippen MR) is 108 cm³/mol. The Balaban J connectivity index is 1.76. The summed E-state index contributed by atoms with van der Waals surface area (Å²) in [6.07, 6.45) is 1.79. The van der Waals surface area contributed by atoms with Crippen molar-refractivity contribution in [2.45, 2.75) is 20.0 Å². The molecule has 0 aliphatic rings. The highest BCUT2D eigenvalue weighted by atomic mass is 16.4. The number of anilines is 1. The summed E-state index contributed by atoms with van der Waals surface area (Å²) in [5.41, 5.74) is 3.48. The van der Waals surface area contributed by atoms with Crippen LogP contribution < -0.4 is 10.5 Å². The fourth-order valence-corrected chi connectivity index (χ4v) is 3.24. The van der Waals surface area contributed by atoms with Crippen LogP contribution in [0.3, 0.4) is 0 Å². The van der Waals surface area contributed by atoms with Crippen LogP contribution in [0, 0.1) is 6.92 Å². The second kappa shape index (κ2) is 7.46. The standard InChI is InChI=1S/C23H20N2O2/c1-17-10-11-20-19(14-23(26)27-21(20)13-17)16-25(22-9-5-6-12-24-22)15-18-7-3-2-4-8-18/h2-14H,15-16H2,1H3. The third-order valence-corrected chi connectivity index (χ3v) is 4.54. The van der Waals surface area contributed by atoms with E-state index in [4.69, 9.17) is 4.42 Å². The lowest BCUT2D eigenvalue weighted by Gasteiger charge is -2.24. The summed E-state index contributed by atoms with van der Waals surface area (Å²) in [6, 6.07) is 23.7. The van der Waals surface area contributed by atoms with E-state index in [2.05, 4.69) is 22.0 Å². The number of rotatable bonds is 5. The van der Waals surface area contributed by atoms with Gasteiger partial charge in [0, 0.05) is 30.7 Å². The van der Waals surface area contributed by atoms with E-state index in [9.17, 15) is 4.79 Å². The van der Waals surface area contributed by atoms with E-state index in [1.807, 2.05) is 61.5 Å². The molecule has 0 N–H and O–H groups in total. The molecule has 2 heterocycles. The van der Waals surface area contributed by atoms with Gasteiger partial charge in [-0.25, -0.2) is 9.78 Å². The first-order chi connectivity index (χ1) is 13.2. The van der Waals surface area contributed by atoms with E-state index in [1.54, 1.807) is 12.3 Å². The number of aromatic nitrogens is 1. The maximum atomic E-state index is 12.1. The van der Waals surface area contributed by atoms with Crippen LogP contribution in [0.25, 0.3) is 11.0 Å². The number of hydrogen-bond acceptors (Lipinski definition) is 4. The summed E-state index contributed by atoms with van der Waals surface area (Å²) in [4.78, 5) is 18.8. The predicted octanol–water partition coefficient (Wildman–Crippen LogP) is 4.70. The van der Waals surface area contributed by atoms with E-state index in [0.717, 1.165) is 22.3 Å². The van der Waals surface area contributed by atoms with Crippen LogP contribution in [0.1, 0.15) is 16.7 Å². The topological polar surface area (TPSA) is 46.3 Å². The first kappa shape index (κ1) is 17.0. The Hall–Kier alpha value is -3.40. The van der Waals surface area contributed by atoms with Gasteiger partial charge in [-0.2, -0.15) is 0 Å². The van der Waals surface area contributed by atoms with Gasteiger partial charge in [-0.15, -0.1) is 0 Å². The molecular weight excluding hydrogens is 336 g/mol. The van der Waals surface area contributed by atoms with Gasteiger partial charge in [-0.3, -0.25) is 0 Å². The van der Waals surface area contributed by atoms with Crippen molar-refractivity contribution in [2.75, 3.05) is 4.90 Å². The smallest absolute Gasteiger partial charge is 0.336 e. The van der Waals surface area contributed by atoms with Crippen LogP contribution in [-0.2, 0) is 13.1 Å². The SMILES string of the molecule is Cc1ccc2c(CN(Cc3ccccc3)c3ccccn3)cc(=O)oc2c1. The summed E-state index contributed by atoms with van der Waals surface area (Å²) < 4.78 is 5.40. The zero-order chi connectivity index (χ0) is 18.6. The number of hydrogen-bond donors (Lipinski definition) is 0. The zero-order valence-corrected chi connectivity index (χ0v) is 15.1. The molecule has 0 spiro atoms. The number of pyridine rings is 1. The van der Waals surface area contributed by atoms with Gasteiger partial charge in [-0.05, 0) is 41.8 Å². The zero-order valence-electron chi connectivity index (χ0n) is 15.1. The van der Waals surface area contributed by atoms with Gasteiger partial charge in [0.15, 0.2) is 0 Å². The van der Waals surface area contributed by atoms with Gasteiger partial charge in [0.05, 0.1) is 0 Å². The Bertz CT molecular complexity index is 1110. The molecule has 0 amide bonds. The molecule has 4 rings (SSSR count). The quantitative estimate of drug-likeness (QED) is 0.486. The minimum atomic E-state index is -0.330. The lowest BCUT2D eigenvalue weighted by molar-refractivity contribution is 0.558. The molecule has 0 saturated carbocycles. The van der Waals surface area contributed by atoms with Crippen LogP contribution in [-0.4, -0.2) is 4.98 Å². The van der Waals surface area contributed by atoms with E-state index < -0.39 is 0 Å². The fourth-order valence-electron chi connectivity index (χ4n) is 3.24. The van der Waals surface area contributed by atoms with E-state index in [1.165, 1.54) is 5.56 Å². The maximum Gasteiger partial charge on any atom is 0.336 e. The normalized spacial score (nSPS) is 10.9. The van der Waals surface area contributed by atoms with E-state index >= 15 is 0 Å². The van der Waals surface area contributed by atoms with Crippen molar-refractivity contribution in [3.05, 3.63) is 106 Å². The molecular formula is C23H20N2O2. The average Bonchev–Trinajstić information content (AvgIpc) is 2.68. The molecule has 27 heavy (non-hydrogen) atoms. The summed E-state index contributed by atoms with van der Waals surface area (Å²) in [7, 11) is 0. The lowest BCUT2D eigenvalue weighted by atomic mass is 10.1. The summed E-state index contributed by atoms with van der Waals surface area (Å²) in [6.45, 7) is 3.25. The Kier molecular flexibility index (Phi) is 4.71. The Labute approximate surface area is 157 Å². The van der Waals surface area contributed by atoms with Gasteiger partial charge in [-0.1, -0.05) is 48.5 Å². The minimum Gasteiger partial charge on any atom is -0.423 e. The van der Waals surface area contributed by atoms with Gasteiger partial charge in [0.1, 0.15) is 11.4 Å². The molecule has 4 nitrogen and oxygen atoms in total. The highest BCUT2D eigenvalue weighted by Gasteiger charge is 2.13. The highest BCUT2D eigenvalue weighted by Crippen LogP contribution is 2.23. The summed E-state index contributed by atoms with van der Waals surface area (Å²) >= 11 is 0. The first-order valence-corrected chi connectivity index (χ1v) is 8.92. The molecule has 0 radical (unpaired) electrons. The van der Waals surface area contributed by atoms with Crippen molar-refractivity contribution in [2.24, 2.45) is 0 Å². The molecule has 0 fully saturated rings. The lowest BCUT2D eigenvalue weighted by Crippen LogP contribution is -2.23. The van der Waals surface area contributed by atoms with Crippen LogP contribution in [0.4, 0.5) is 5.82 Å². The van der Waals surface area contributed by atoms with Gasteiger partial charge in [0.2, 0.25) is 0 Å². The van der Waals surface area contributed by atoms with Crippen molar-refractivity contribution in [3.63, 3.8) is 0 Å². The van der Waals surface area contributed by atoms with E-state index in [-0.39, 0.29) is 5.63 Å². The molecule has 2 aromatic carbocycles. The monoisotopic (exact) mass is 356 g/mol. The number of benzene rings is 2. The molecule has 0 aliphatic carbocycles. The molecule has 0 saturated heterocycles. The fraction of sp³-hybridized carbons (Fsp3) is 0.130. The van der Waals surface area contributed by atoms with Crippen molar-refractivity contribution in [1.82, 2.24) is 4.98 Å². The van der Waals surface area contributed by atoms with Gasteiger partial charge >= 0.3 is 5.63 Å². The maximum absolute atomic E-state index is 12.1. The number of nitrogens with zero attached hydrogens (tertiary/aromatic N) is 2. The van der Waals surface area contributed by atoms with Gasteiger partial charge in [0.25, 0.3) is 0 Å². The third kappa shape index (κ3) is 3.90. The molecule has 0 unspecified atom stereocenters. The summed E-state index contributed by atoms with van der Waals surface area (Å²) in [5.74, 6) is 0.870. The second-order valence-electron chi connectivity index (χ2n) is 6.62. The molecule has 134 valence electrons. The Morgan fingerprint density at radius 3 is 2.52 bits per heavy atom. The van der Waals surface area contributed by atoms with Crippen molar-refractivity contribution >= 4 is 16.8 Å². The van der Waals surface area contributed by atoms with Crippen molar-refractivity contribution in [3.8, 4) is 0 Å². The Morgan fingerprint density at radius 1 is 0.926 bits per heavy atom. The number of aryl methyl sites for hydroxylation is 1. The third-order valence-electron chi connectivity index (χ3n) is 4.54. The van der Waals surface area contributed by atoms with Crippen LogP contribution in [0.2, 0.25) is 0 Å². The Morgan fingerprint density at radius 2 is 1.74 bits per heavy atom. The largest absolute Gasteiger partial charge is 0.423 e. The molecule has 4 heteroatoms. The molecule has 0 aliphatic heterocycles. The van der Waals surface area contributed by atoms with Gasteiger partial charge < -0.3 is 9.32 Å². The average molecular weight is 356 g/mol. The van der Waals surface area contributed by atoms with Crippen LogP contribution in [0.15, 0.2) is 88.2 Å².